The van der Waals surface area contributed by atoms with Crippen LogP contribution in [0.25, 0.3) is 44.9 Å². The number of halogens is 7. The van der Waals surface area contributed by atoms with Gasteiger partial charge in [0.05, 0.1) is 28.1 Å². The molecule has 0 fully saturated rings. The fourth-order valence-electron chi connectivity index (χ4n) is 4.56. The Hall–Kier alpha value is -4.78. The van der Waals surface area contributed by atoms with Gasteiger partial charge in [-0.3, -0.25) is 9.97 Å². The molecule has 14 heteroatoms. The maximum atomic E-state index is 13.5. The van der Waals surface area contributed by atoms with Crippen LogP contribution in [0.5, 0.6) is 0 Å². The predicted molar refractivity (Wildman–Crippen MR) is 140 cm³/mol. The van der Waals surface area contributed by atoms with Crippen molar-refractivity contribution in [3.63, 3.8) is 0 Å². The summed E-state index contributed by atoms with van der Waals surface area (Å²) in [7, 11) is 0. The van der Waals surface area contributed by atoms with Crippen LogP contribution in [0.1, 0.15) is 16.7 Å². The van der Waals surface area contributed by atoms with Crippen molar-refractivity contribution in [2.45, 2.75) is 18.9 Å². The van der Waals surface area contributed by atoms with Crippen LogP contribution < -0.4 is 0 Å². The molecule has 2 aromatic carbocycles. The number of hydrogen-bond donors (Lipinski definition) is 0. The zero-order valence-corrected chi connectivity index (χ0v) is 21.7. The molecule has 0 unspecified atom stereocenters. The zero-order chi connectivity index (χ0) is 29.6. The Morgan fingerprint density at radius 1 is 0.833 bits per heavy atom. The minimum absolute atomic E-state index is 0.0745. The van der Waals surface area contributed by atoms with Gasteiger partial charge >= 0.3 is 12.4 Å². The van der Waals surface area contributed by atoms with Gasteiger partial charge in [-0.2, -0.15) is 26.3 Å². The Bertz CT molecular complexity index is 1880. The highest BCUT2D eigenvalue weighted by molar-refractivity contribution is 6.33. The second-order valence-electron chi connectivity index (χ2n) is 9.15. The van der Waals surface area contributed by atoms with Crippen molar-refractivity contribution in [3.8, 4) is 34.0 Å². The molecule has 0 aliphatic heterocycles. The summed E-state index contributed by atoms with van der Waals surface area (Å²) in [4.78, 5) is 8.60. The molecule has 0 saturated carbocycles. The van der Waals surface area contributed by atoms with Crippen LogP contribution in [0.3, 0.4) is 0 Å². The summed E-state index contributed by atoms with van der Waals surface area (Å²) >= 11 is 6.42. The average Bonchev–Trinajstić information content (AvgIpc) is 3.57. The Morgan fingerprint density at radius 2 is 1.57 bits per heavy atom. The normalized spacial score (nSPS) is 12.3. The van der Waals surface area contributed by atoms with E-state index < -0.39 is 30.0 Å². The molecule has 0 amide bonds. The molecule has 4 heterocycles. The summed E-state index contributed by atoms with van der Waals surface area (Å²) in [6, 6.07) is 13.2. The monoisotopic (exact) mass is 600 g/mol. The summed E-state index contributed by atoms with van der Waals surface area (Å²) in [5.41, 5.74) is -1.10. The number of benzene rings is 2. The summed E-state index contributed by atoms with van der Waals surface area (Å²) in [6.07, 6.45) is -5.56. The number of aromatic nitrogens is 6. The van der Waals surface area contributed by atoms with E-state index in [-0.39, 0.29) is 34.5 Å². The largest absolute Gasteiger partial charge is 0.416 e. The molecule has 0 saturated heterocycles. The molecular weight excluding hydrogens is 586 g/mol. The second kappa shape index (κ2) is 10.2. The summed E-state index contributed by atoms with van der Waals surface area (Å²) in [6.45, 7) is -0.471. The van der Waals surface area contributed by atoms with Gasteiger partial charge in [-0.25, -0.2) is 4.68 Å². The number of hydrogen-bond acceptors (Lipinski definition) is 6. The Morgan fingerprint density at radius 3 is 2.24 bits per heavy atom. The van der Waals surface area contributed by atoms with Crippen molar-refractivity contribution in [1.82, 2.24) is 30.1 Å². The Labute approximate surface area is 237 Å². The first-order valence-corrected chi connectivity index (χ1v) is 12.5. The van der Waals surface area contributed by atoms with Crippen LogP contribution in [0.2, 0.25) is 5.02 Å². The van der Waals surface area contributed by atoms with E-state index in [1.165, 1.54) is 23.3 Å². The molecule has 7 nitrogen and oxygen atoms in total. The fourth-order valence-corrected chi connectivity index (χ4v) is 4.78. The maximum Gasteiger partial charge on any atom is 0.416 e. The quantitative estimate of drug-likeness (QED) is 0.187. The van der Waals surface area contributed by atoms with Crippen molar-refractivity contribution in [3.05, 3.63) is 101 Å². The fraction of sp³-hybridized carbons (Fsp3) is 0.107. The molecule has 6 rings (SSSR count). The minimum atomic E-state index is -5.00. The van der Waals surface area contributed by atoms with E-state index in [2.05, 4.69) is 25.4 Å². The van der Waals surface area contributed by atoms with Gasteiger partial charge in [0, 0.05) is 29.7 Å². The first-order valence-electron chi connectivity index (χ1n) is 12.1. The average molecular weight is 601 g/mol. The Balaban J connectivity index is 1.55. The lowest BCUT2D eigenvalue weighted by Crippen LogP contribution is -2.13. The minimum Gasteiger partial charge on any atom is -0.355 e. The number of alkyl halides is 6. The smallest absolute Gasteiger partial charge is 0.355 e. The van der Waals surface area contributed by atoms with E-state index in [0.717, 1.165) is 0 Å². The molecule has 6 aromatic rings. The highest BCUT2D eigenvalue weighted by Crippen LogP contribution is 2.41. The maximum absolute atomic E-state index is 13.5. The second-order valence-corrected chi connectivity index (χ2v) is 9.55. The molecule has 42 heavy (non-hydrogen) atoms. The molecule has 4 aromatic heterocycles. The summed E-state index contributed by atoms with van der Waals surface area (Å²) < 4.78 is 88.0. The van der Waals surface area contributed by atoms with Crippen molar-refractivity contribution in [2.75, 3.05) is 0 Å². The van der Waals surface area contributed by atoms with Gasteiger partial charge < -0.3 is 4.52 Å². The van der Waals surface area contributed by atoms with Gasteiger partial charge in [0.1, 0.15) is 22.6 Å². The van der Waals surface area contributed by atoms with Crippen molar-refractivity contribution < 1.29 is 30.9 Å². The van der Waals surface area contributed by atoms with Crippen LogP contribution in [0.4, 0.5) is 26.3 Å². The van der Waals surface area contributed by atoms with Crippen LogP contribution in [0, 0.1) is 0 Å². The lowest BCUT2D eigenvalue weighted by Gasteiger charge is -2.15. The molecule has 0 atom stereocenters. The molecule has 0 spiro atoms. The molecular formula is C28H15ClF6N6O. The van der Waals surface area contributed by atoms with Crippen molar-refractivity contribution in [1.29, 1.82) is 0 Å². The standard InChI is InChI=1S/C28H15ClF6N6O/c29-20-6-2-1-5-19(20)26-22-21(39-42-26)7-9-37-23(22)24-25(16-4-3-8-36-13-16)41(40-38-24)14-15-10-17(27(30,31)32)12-18(11-15)28(33,34)35/h1-13H,14H2. The van der Waals surface area contributed by atoms with Crippen LogP contribution >= 0.6 is 11.6 Å². The third kappa shape index (κ3) is 5.07. The number of fused-ring (bicyclic) bond motifs is 1. The van der Waals surface area contributed by atoms with E-state index in [9.17, 15) is 26.3 Å². The summed E-state index contributed by atoms with van der Waals surface area (Å²) in [5, 5.41) is 13.3. The SMILES string of the molecule is FC(F)(F)c1cc(Cn2nnc(-c3nccc4noc(-c5ccccc5Cl)c34)c2-c2cccnc2)cc(C(F)(F)F)c1. The third-order valence-electron chi connectivity index (χ3n) is 6.38. The predicted octanol–water partition coefficient (Wildman–Crippen LogP) is 7.95. The molecule has 0 N–H and O–H groups in total. The van der Waals surface area contributed by atoms with Gasteiger partial charge in [0.25, 0.3) is 0 Å². The first-order chi connectivity index (χ1) is 20.0. The molecule has 0 aliphatic rings. The van der Waals surface area contributed by atoms with Crippen LogP contribution in [-0.2, 0) is 18.9 Å². The van der Waals surface area contributed by atoms with Gasteiger partial charge in [-0.15, -0.1) is 5.10 Å². The van der Waals surface area contributed by atoms with Gasteiger partial charge in [0.2, 0.25) is 0 Å². The van der Waals surface area contributed by atoms with Gasteiger partial charge in [-0.1, -0.05) is 34.1 Å². The number of rotatable bonds is 5. The topological polar surface area (TPSA) is 82.5 Å². The molecule has 212 valence electrons. The molecule has 0 aliphatic carbocycles. The zero-order valence-electron chi connectivity index (χ0n) is 20.9. The van der Waals surface area contributed by atoms with Crippen LogP contribution in [0.15, 0.2) is 83.8 Å². The van der Waals surface area contributed by atoms with Crippen LogP contribution in [-0.4, -0.2) is 30.1 Å². The summed E-state index contributed by atoms with van der Waals surface area (Å²) in [5.74, 6) is 0.290. The van der Waals surface area contributed by atoms with E-state index in [0.29, 0.717) is 39.2 Å². The first kappa shape index (κ1) is 27.4. The van der Waals surface area contributed by atoms with Gasteiger partial charge in [-0.05, 0) is 54.1 Å². The molecule has 0 radical (unpaired) electrons. The van der Waals surface area contributed by atoms with Gasteiger partial charge in [0.15, 0.2) is 5.76 Å². The van der Waals surface area contributed by atoms with E-state index in [1.807, 2.05) is 0 Å². The van der Waals surface area contributed by atoms with Crippen molar-refractivity contribution >= 4 is 22.5 Å². The Kier molecular flexibility index (Phi) is 6.68. The number of pyridine rings is 2. The van der Waals surface area contributed by atoms with E-state index in [4.69, 9.17) is 16.1 Å². The van der Waals surface area contributed by atoms with E-state index >= 15 is 0 Å². The van der Waals surface area contributed by atoms with E-state index in [1.54, 1.807) is 42.5 Å². The number of nitrogens with zero attached hydrogens (tertiary/aromatic N) is 6. The highest BCUT2D eigenvalue weighted by atomic mass is 35.5. The lowest BCUT2D eigenvalue weighted by atomic mass is 10.0. The lowest BCUT2D eigenvalue weighted by molar-refractivity contribution is -0.143. The highest BCUT2D eigenvalue weighted by Gasteiger charge is 2.37. The third-order valence-corrected chi connectivity index (χ3v) is 6.71. The van der Waals surface area contributed by atoms with Crippen molar-refractivity contribution in [2.24, 2.45) is 0 Å². The molecule has 0 bridgehead atoms.